The molecule has 0 bridgehead atoms. The first-order valence-electron chi connectivity index (χ1n) is 5.24. The number of nitrogens with one attached hydrogen (secondary N) is 1. The van der Waals surface area contributed by atoms with Gasteiger partial charge in [-0.15, -0.1) is 0 Å². The van der Waals surface area contributed by atoms with Crippen molar-refractivity contribution >= 4 is 5.91 Å². The van der Waals surface area contributed by atoms with Crippen LogP contribution in [0, 0.1) is 11.3 Å². The second kappa shape index (κ2) is 6.02. The van der Waals surface area contributed by atoms with Gasteiger partial charge in [-0.3, -0.25) is 4.79 Å². The van der Waals surface area contributed by atoms with Crippen LogP contribution in [0.2, 0.25) is 0 Å². The molecule has 0 aromatic rings. The fourth-order valence-corrected chi connectivity index (χ4v) is 0.960. The van der Waals surface area contributed by atoms with Crippen molar-refractivity contribution in [3.63, 3.8) is 0 Å². The number of hydrogen-bond acceptors (Lipinski definition) is 2. The van der Waals surface area contributed by atoms with Gasteiger partial charge in [0.2, 0.25) is 5.91 Å². The normalized spacial score (nSPS) is 11.9. The van der Waals surface area contributed by atoms with Crippen LogP contribution in [0.25, 0.3) is 0 Å². The van der Waals surface area contributed by atoms with Crippen LogP contribution in [0.3, 0.4) is 0 Å². The lowest BCUT2D eigenvalue weighted by Crippen LogP contribution is -2.38. The van der Waals surface area contributed by atoms with Crippen molar-refractivity contribution in [2.45, 2.75) is 34.6 Å². The van der Waals surface area contributed by atoms with E-state index in [4.69, 9.17) is 4.74 Å². The molecule has 0 radical (unpaired) electrons. The van der Waals surface area contributed by atoms with E-state index < -0.39 is 0 Å². The summed E-state index contributed by atoms with van der Waals surface area (Å²) in [5.41, 5.74) is 0.0144. The molecule has 0 spiro atoms. The molecule has 0 saturated carbocycles. The zero-order chi connectivity index (χ0) is 11.2. The smallest absolute Gasteiger partial charge is 0.222 e. The van der Waals surface area contributed by atoms with Crippen molar-refractivity contribution in [3.8, 4) is 0 Å². The summed E-state index contributed by atoms with van der Waals surface area (Å²) in [6, 6.07) is 0. The molecule has 1 N–H and O–H groups in total. The molecule has 0 unspecified atom stereocenters. The molecule has 0 rings (SSSR count). The zero-order valence-electron chi connectivity index (χ0n) is 10.0. The third-order valence-corrected chi connectivity index (χ3v) is 1.96. The SMILES string of the molecule is CCOCC(C)(C)CNC(=O)C(C)C. The highest BCUT2D eigenvalue weighted by atomic mass is 16.5. The van der Waals surface area contributed by atoms with Gasteiger partial charge in [0, 0.05) is 24.5 Å². The van der Waals surface area contributed by atoms with Crippen LogP contribution in [0.4, 0.5) is 0 Å². The molecule has 1 amide bonds. The summed E-state index contributed by atoms with van der Waals surface area (Å²) < 4.78 is 5.34. The summed E-state index contributed by atoms with van der Waals surface area (Å²) >= 11 is 0. The Morgan fingerprint density at radius 1 is 1.43 bits per heavy atom. The van der Waals surface area contributed by atoms with Gasteiger partial charge in [0.1, 0.15) is 0 Å². The average Bonchev–Trinajstić information content (AvgIpc) is 2.11. The summed E-state index contributed by atoms with van der Waals surface area (Å²) in [4.78, 5) is 11.3. The van der Waals surface area contributed by atoms with Gasteiger partial charge >= 0.3 is 0 Å². The van der Waals surface area contributed by atoms with E-state index >= 15 is 0 Å². The Morgan fingerprint density at radius 2 is 2.00 bits per heavy atom. The third kappa shape index (κ3) is 5.97. The molecule has 0 aromatic heterocycles. The molecule has 0 aliphatic heterocycles. The van der Waals surface area contributed by atoms with Gasteiger partial charge in [-0.2, -0.15) is 0 Å². The monoisotopic (exact) mass is 201 g/mol. The van der Waals surface area contributed by atoms with Crippen LogP contribution < -0.4 is 5.32 Å². The number of carbonyl (C=O) groups is 1. The molecule has 3 heteroatoms. The lowest BCUT2D eigenvalue weighted by Gasteiger charge is -2.24. The maximum atomic E-state index is 11.3. The highest BCUT2D eigenvalue weighted by Crippen LogP contribution is 2.13. The first-order chi connectivity index (χ1) is 6.39. The second-order valence-electron chi connectivity index (χ2n) is 4.67. The summed E-state index contributed by atoms with van der Waals surface area (Å²) in [6.07, 6.45) is 0. The van der Waals surface area contributed by atoms with Crippen LogP contribution in [-0.4, -0.2) is 25.7 Å². The van der Waals surface area contributed by atoms with Gasteiger partial charge in [0.15, 0.2) is 0 Å². The zero-order valence-corrected chi connectivity index (χ0v) is 10.0. The lowest BCUT2D eigenvalue weighted by molar-refractivity contribution is -0.124. The third-order valence-electron chi connectivity index (χ3n) is 1.96. The molecule has 0 aliphatic rings. The highest BCUT2D eigenvalue weighted by Gasteiger charge is 2.19. The fraction of sp³-hybridized carbons (Fsp3) is 0.909. The van der Waals surface area contributed by atoms with Crippen LogP contribution in [0.1, 0.15) is 34.6 Å². The van der Waals surface area contributed by atoms with Gasteiger partial charge in [-0.25, -0.2) is 0 Å². The predicted molar refractivity (Wildman–Crippen MR) is 58.1 cm³/mol. The Balaban J connectivity index is 3.80. The Morgan fingerprint density at radius 3 is 2.43 bits per heavy atom. The van der Waals surface area contributed by atoms with Gasteiger partial charge in [-0.05, 0) is 6.92 Å². The molecule has 3 nitrogen and oxygen atoms in total. The highest BCUT2D eigenvalue weighted by molar-refractivity contribution is 5.77. The number of hydrogen-bond donors (Lipinski definition) is 1. The first kappa shape index (κ1) is 13.4. The molecular formula is C11H23NO2. The number of carbonyl (C=O) groups excluding carboxylic acids is 1. The average molecular weight is 201 g/mol. The minimum absolute atomic E-state index is 0.0144. The number of ether oxygens (including phenoxy) is 1. The Bertz CT molecular complexity index is 176. The van der Waals surface area contributed by atoms with E-state index in [9.17, 15) is 4.79 Å². The van der Waals surface area contributed by atoms with E-state index in [0.717, 1.165) is 6.61 Å². The lowest BCUT2D eigenvalue weighted by atomic mass is 9.94. The minimum atomic E-state index is 0.0144. The van der Waals surface area contributed by atoms with Crippen molar-refractivity contribution in [2.75, 3.05) is 19.8 Å². The van der Waals surface area contributed by atoms with E-state index in [1.54, 1.807) is 0 Å². The Hall–Kier alpha value is -0.570. The quantitative estimate of drug-likeness (QED) is 0.712. The van der Waals surface area contributed by atoms with Crippen molar-refractivity contribution in [2.24, 2.45) is 11.3 Å². The van der Waals surface area contributed by atoms with Crippen molar-refractivity contribution < 1.29 is 9.53 Å². The van der Waals surface area contributed by atoms with Crippen LogP contribution in [0.5, 0.6) is 0 Å². The molecular weight excluding hydrogens is 178 g/mol. The molecule has 0 aliphatic carbocycles. The van der Waals surface area contributed by atoms with Gasteiger partial charge in [-0.1, -0.05) is 27.7 Å². The molecule has 0 heterocycles. The topological polar surface area (TPSA) is 38.3 Å². The largest absolute Gasteiger partial charge is 0.381 e. The summed E-state index contributed by atoms with van der Waals surface area (Å²) in [5, 5.41) is 2.91. The van der Waals surface area contributed by atoms with E-state index in [1.165, 1.54) is 0 Å². The Kier molecular flexibility index (Phi) is 5.77. The van der Waals surface area contributed by atoms with Gasteiger partial charge in [0.25, 0.3) is 0 Å². The van der Waals surface area contributed by atoms with Gasteiger partial charge in [0.05, 0.1) is 6.61 Å². The van der Waals surface area contributed by atoms with E-state index in [1.807, 2.05) is 20.8 Å². The van der Waals surface area contributed by atoms with E-state index in [-0.39, 0.29) is 17.2 Å². The molecule has 0 fully saturated rings. The summed E-state index contributed by atoms with van der Waals surface area (Å²) in [5.74, 6) is 0.160. The molecule has 0 saturated heterocycles. The first-order valence-corrected chi connectivity index (χ1v) is 5.24. The maximum absolute atomic E-state index is 11.3. The summed E-state index contributed by atoms with van der Waals surface area (Å²) in [7, 11) is 0. The predicted octanol–water partition coefficient (Wildman–Crippen LogP) is 1.82. The van der Waals surface area contributed by atoms with Gasteiger partial charge < -0.3 is 10.1 Å². The Labute approximate surface area is 87.2 Å². The van der Waals surface area contributed by atoms with Crippen molar-refractivity contribution in [1.82, 2.24) is 5.32 Å². The molecule has 0 atom stereocenters. The van der Waals surface area contributed by atoms with Crippen molar-refractivity contribution in [3.05, 3.63) is 0 Å². The van der Waals surface area contributed by atoms with E-state index in [0.29, 0.717) is 13.2 Å². The number of amides is 1. The van der Waals surface area contributed by atoms with Crippen LogP contribution in [0.15, 0.2) is 0 Å². The fourth-order valence-electron chi connectivity index (χ4n) is 0.960. The number of rotatable bonds is 6. The second-order valence-corrected chi connectivity index (χ2v) is 4.67. The molecule has 14 heavy (non-hydrogen) atoms. The van der Waals surface area contributed by atoms with Crippen LogP contribution in [-0.2, 0) is 9.53 Å². The molecule has 84 valence electrons. The van der Waals surface area contributed by atoms with Crippen LogP contribution >= 0.6 is 0 Å². The maximum Gasteiger partial charge on any atom is 0.222 e. The minimum Gasteiger partial charge on any atom is -0.381 e. The summed E-state index contributed by atoms with van der Waals surface area (Å²) in [6.45, 7) is 12.0. The van der Waals surface area contributed by atoms with Crippen molar-refractivity contribution in [1.29, 1.82) is 0 Å². The standard InChI is InChI=1S/C11H23NO2/c1-6-14-8-11(4,5)7-12-10(13)9(2)3/h9H,6-8H2,1-5H3,(H,12,13). The van der Waals surface area contributed by atoms with E-state index in [2.05, 4.69) is 19.2 Å². The molecule has 0 aromatic carbocycles.